The van der Waals surface area contributed by atoms with Gasteiger partial charge >= 0.3 is 0 Å². The van der Waals surface area contributed by atoms with Crippen LogP contribution in [0.25, 0.3) is 0 Å². The van der Waals surface area contributed by atoms with Gasteiger partial charge in [-0.3, -0.25) is 0 Å². The summed E-state index contributed by atoms with van der Waals surface area (Å²) < 4.78 is 13.0. The van der Waals surface area contributed by atoms with Crippen molar-refractivity contribution in [1.29, 1.82) is 0 Å². The molecule has 106 valence electrons. The molecule has 2 aromatic carbocycles. The molecule has 0 saturated carbocycles. The molecule has 1 unspecified atom stereocenters. The zero-order valence-electron chi connectivity index (χ0n) is 10.7. The lowest BCUT2D eigenvalue weighted by atomic mass is 10.1. The second-order valence-corrected chi connectivity index (χ2v) is 6.39. The van der Waals surface area contributed by atoms with Crippen molar-refractivity contribution in [1.82, 2.24) is 0 Å². The third-order valence-corrected chi connectivity index (χ3v) is 4.66. The Morgan fingerprint density at radius 3 is 2.60 bits per heavy atom. The van der Waals surface area contributed by atoms with Crippen LogP contribution in [-0.4, -0.2) is 11.8 Å². The van der Waals surface area contributed by atoms with Crippen LogP contribution in [-0.2, 0) is 6.42 Å². The largest absolute Gasteiger partial charge is 0.327 e. The monoisotopic (exact) mass is 329 g/mol. The summed E-state index contributed by atoms with van der Waals surface area (Å²) in [5, 5.41) is 1.08. The summed E-state index contributed by atoms with van der Waals surface area (Å²) in [4.78, 5) is 0.884. The Balaban J connectivity index is 1.89. The highest BCUT2D eigenvalue weighted by Crippen LogP contribution is 2.24. The molecule has 20 heavy (non-hydrogen) atoms. The van der Waals surface area contributed by atoms with Crippen molar-refractivity contribution >= 4 is 35.0 Å². The van der Waals surface area contributed by atoms with Crippen LogP contribution in [0.3, 0.4) is 0 Å². The van der Waals surface area contributed by atoms with Gasteiger partial charge in [0.2, 0.25) is 0 Å². The normalized spacial score (nSPS) is 12.4. The fourth-order valence-corrected chi connectivity index (χ4v) is 3.00. The molecular weight excluding hydrogens is 316 g/mol. The Bertz CT molecular complexity index is 592. The minimum atomic E-state index is -0.229. The maximum atomic E-state index is 13.0. The first-order valence-electron chi connectivity index (χ1n) is 6.12. The maximum absolute atomic E-state index is 13.0. The molecule has 0 fully saturated rings. The summed E-state index contributed by atoms with van der Waals surface area (Å²) in [6.45, 7) is 0. The van der Waals surface area contributed by atoms with E-state index in [0.29, 0.717) is 22.2 Å². The van der Waals surface area contributed by atoms with E-state index >= 15 is 0 Å². The van der Waals surface area contributed by atoms with E-state index in [1.807, 2.05) is 18.2 Å². The second-order valence-electron chi connectivity index (χ2n) is 4.48. The Morgan fingerprint density at radius 2 is 1.90 bits per heavy atom. The van der Waals surface area contributed by atoms with Crippen molar-refractivity contribution in [2.75, 3.05) is 5.75 Å². The molecule has 0 heterocycles. The summed E-state index contributed by atoms with van der Waals surface area (Å²) in [5.41, 5.74) is 7.14. The molecule has 0 radical (unpaired) electrons. The first-order chi connectivity index (χ1) is 9.54. The van der Waals surface area contributed by atoms with Gasteiger partial charge < -0.3 is 5.73 Å². The van der Waals surface area contributed by atoms with E-state index in [0.717, 1.165) is 10.5 Å². The number of hydrogen-bond donors (Lipinski definition) is 1. The standard InChI is InChI=1S/C15H14Cl2FNS/c16-14-5-4-10(7-15(14)17)6-12(19)9-20-13-3-1-2-11(18)8-13/h1-5,7-8,12H,6,9,19H2. The first-order valence-corrected chi connectivity index (χ1v) is 7.86. The Hall–Kier alpha value is -0.740. The van der Waals surface area contributed by atoms with Gasteiger partial charge in [0.05, 0.1) is 10.0 Å². The van der Waals surface area contributed by atoms with Gasteiger partial charge in [-0.1, -0.05) is 35.3 Å². The maximum Gasteiger partial charge on any atom is 0.124 e. The fraction of sp³-hybridized carbons (Fsp3) is 0.200. The van der Waals surface area contributed by atoms with E-state index in [-0.39, 0.29) is 11.9 Å². The Kier molecular flexibility index (Phi) is 5.73. The molecule has 0 aliphatic rings. The number of nitrogens with two attached hydrogens (primary N) is 1. The van der Waals surface area contributed by atoms with E-state index in [1.165, 1.54) is 12.1 Å². The molecule has 5 heteroatoms. The van der Waals surface area contributed by atoms with Gasteiger partial charge in [0, 0.05) is 16.7 Å². The minimum Gasteiger partial charge on any atom is -0.327 e. The molecule has 0 aliphatic carbocycles. The van der Waals surface area contributed by atoms with Crippen LogP contribution in [0, 0.1) is 5.82 Å². The summed E-state index contributed by atoms with van der Waals surface area (Å²) in [5.74, 6) is 0.483. The van der Waals surface area contributed by atoms with E-state index < -0.39 is 0 Å². The van der Waals surface area contributed by atoms with Gasteiger partial charge in [0.25, 0.3) is 0 Å². The van der Waals surface area contributed by atoms with E-state index in [2.05, 4.69) is 0 Å². The molecule has 1 nitrogen and oxygen atoms in total. The molecule has 2 N–H and O–H groups in total. The lowest BCUT2D eigenvalue weighted by Gasteiger charge is -2.12. The van der Waals surface area contributed by atoms with Crippen molar-refractivity contribution in [2.24, 2.45) is 5.73 Å². The van der Waals surface area contributed by atoms with Crippen LogP contribution < -0.4 is 5.73 Å². The summed E-state index contributed by atoms with van der Waals surface area (Å²) in [6.07, 6.45) is 0.708. The molecule has 0 spiro atoms. The van der Waals surface area contributed by atoms with E-state index in [4.69, 9.17) is 28.9 Å². The summed E-state index contributed by atoms with van der Waals surface area (Å²) in [6, 6.07) is 12.0. The Morgan fingerprint density at radius 1 is 1.10 bits per heavy atom. The quantitative estimate of drug-likeness (QED) is 0.798. The molecule has 0 aromatic heterocycles. The summed E-state index contributed by atoms with van der Waals surface area (Å²) >= 11 is 13.4. The molecule has 0 bridgehead atoms. The lowest BCUT2D eigenvalue weighted by molar-refractivity contribution is 0.624. The van der Waals surface area contributed by atoms with Crippen LogP contribution in [0.5, 0.6) is 0 Å². The lowest BCUT2D eigenvalue weighted by Crippen LogP contribution is -2.25. The number of rotatable bonds is 5. The number of benzene rings is 2. The zero-order valence-corrected chi connectivity index (χ0v) is 13.0. The van der Waals surface area contributed by atoms with Gasteiger partial charge in [0.1, 0.15) is 5.82 Å². The van der Waals surface area contributed by atoms with Gasteiger partial charge in [-0.25, -0.2) is 4.39 Å². The van der Waals surface area contributed by atoms with Crippen molar-refractivity contribution in [3.8, 4) is 0 Å². The van der Waals surface area contributed by atoms with E-state index in [1.54, 1.807) is 23.9 Å². The Labute approximate surface area is 132 Å². The van der Waals surface area contributed by atoms with Crippen LogP contribution in [0.4, 0.5) is 4.39 Å². The van der Waals surface area contributed by atoms with Crippen molar-refractivity contribution in [3.05, 3.63) is 63.9 Å². The van der Waals surface area contributed by atoms with Gasteiger partial charge in [0.15, 0.2) is 0 Å². The highest BCUT2D eigenvalue weighted by Gasteiger charge is 2.07. The molecule has 0 aliphatic heterocycles. The third-order valence-electron chi connectivity index (χ3n) is 2.74. The molecule has 0 amide bonds. The minimum absolute atomic E-state index is 0.0273. The topological polar surface area (TPSA) is 26.0 Å². The van der Waals surface area contributed by atoms with Crippen LogP contribution >= 0.6 is 35.0 Å². The molecule has 2 aromatic rings. The smallest absolute Gasteiger partial charge is 0.124 e. The third kappa shape index (κ3) is 4.67. The molecule has 2 rings (SSSR count). The zero-order chi connectivity index (χ0) is 14.5. The molecule has 0 saturated heterocycles. The molecular formula is C15H14Cl2FNS. The average Bonchev–Trinajstić information content (AvgIpc) is 2.41. The predicted molar refractivity (Wildman–Crippen MR) is 85.3 cm³/mol. The SMILES string of the molecule is NC(CSc1cccc(F)c1)Cc1ccc(Cl)c(Cl)c1. The van der Waals surface area contributed by atoms with Crippen molar-refractivity contribution in [2.45, 2.75) is 17.4 Å². The van der Waals surface area contributed by atoms with Crippen molar-refractivity contribution < 1.29 is 4.39 Å². The number of hydrogen-bond acceptors (Lipinski definition) is 2. The summed E-state index contributed by atoms with van der Waals surface area (Å²) in [7, 11) is 0. The average molecular weight is 330 g/mol. The first kappa shape index (κ1) is 15.6. The highest BCUT2D eigenvalue weighted by molar-refractivity contribution is 7.99. The molecule has 1 atom stereocenters. The van der Waals surface area contributed by atoms with Gasteiger partial charge in [-0.15, -0.1) is 11.8 Å². The number of halogens is 3. The van der Waals surface area contributed by atoms with Gasteiger partial charge in [-0.05, 0) is 42.3 Å². The van der Waals surface area contributed by atoms with Crippen LogP contribution in [0.2, 0.25) is 10.0 Å². The fourth-order valence-electron chi connectivity index (χ4n) is 1.79. The van der Waals surface area contributed by atoms with Gasteiger partial charge in [-0.2, -0.15) is 0 Å². The van der Waals surface area contributed by atoms with E-state index in [9.17, 15) is 4.39 Å². The van der Waals surface area contributed by atoms with Crippen LogP contribution in [0.1, 0.15) is 5.56 Å². The highest BCUT2D eigenvalue weighted by atomic mass is 35.5. The van der Waals surface area contributed by atoms with Crippen molar-refractivity contribution in [3.63, 3.8) is 0 Å². The van der Waals surface area contributed by atoms with Crippen LogP contribution in [0.15, 0.2) is 47.4 Å². The predicted octanol–water partition coefficient (Wildman–Crippen LogP) is 4.79. The number of thioether (sulfide) groups is 1. The second kappa shape index (κ2) is 7.32.